The van der Waals surface area contributed by atoms with Crippen LogP contribution in [0.4, 0.5) is 17.1 Å². The van der Waals surface area contributed by atoms with Crippen molar-refractivity contribution in [2.24, 2.45) is 0 Å². The minimum Gasteiger partial charge on any atom is -0.457 e. The van der Waals surface area contributed by atoms with Crippen LogP contribution in [0.15, 0.2) is 189 Å². The van der Waals surface area contributed by atoms with Crippen LogP contribution >= 0.6 is 0 Å². The Bertz CT molecular complexity index is 2440. The SMILES string of the molecule is C=C(/C=C\C=C/C)c1ccc2c(c1)C1(c3ccccc3Oc3ccccc31)c1ccc3ccccc3c1N2c1ccc(-c2ccccc2)cc1. The van der Waals surface area contributed by atoms with Gasteiger partial charge in [-0.15, -0.1) is 0 Å². The summed E-state index contributed by atoms with van der Waals surface area (Å²) in [6.07, 6.45) is 8.21. The molecule has 2 aliphatic heterocycles. The lowest BCUT2D eigenvalue weighted by molar-refractivity contribution is 0.434. The third kappa shape index (κ3) is 4.49. The molecule has 0 saturated carbocycles. The fourth-order valence-electron chi connectivity index (χ4n) is 7.95. The maximum Gasteiger partial charge on any atom is 0.132 e. The predicted octanol–water partition coefficient (Wildman–Crippen LogP) is 12.9. The van der Waals surface area contributed by atoms with E-state index in [1.165, 1.54) is 38.7 Å². The van der Waals surface area contributed by atoms with Crippen molar-refractivity contribution in [1.82, 2.24) is 0 Å². The number of anilines is 3. The molecule has 0 saturated heterocycles. The number of ether oxygens (including phenoxy) is 1. The molecule has 7 aromatic rings. The van der Waals surface area contributed by atoms with E-state index in [0.29, 0.717) is 0 Å². The summed E-state index contributed by atoms with van der Waals surface area (Å²) in [5.74, 6) is 1.74. The minimum absolute atomic E-state index is 0.663. The van der Waals surface area contributed by atoms with Gasteiger partial charge in [0.05, 0.1) is 16.8 Å². The molecule has 0 unspecified atom stereocenters. The molecule has 2 aliphatic rings. The van der Waals surface area contributed by atoms with E-state index in [1.807, 2.05) is 19.1 Å². The summed E-state index contributed by atoms with van der Waals surface area (Å²) >= 11 is 0. The van der Waals surface area contributed by atoms with Crippen LogP contribution in [0.5, 0.6) is 11.5 Å². The Kier molecular flexibility index (Phi) is 7.10. The van der Waals surface area contributed by atoms with Crippen molar-refractivity contribution in [2.45, 2.75) is 12.3 Å². The van der Waals surface area contributed by atoms with Crippen LogP contribution in [0.2, 0.25) is 0 Å². The van der Waals surface area contributed by atoms with Crippen molar-refractivity contribution >= 4 is 33.4 Å². The van der Waals surface area contributed by atoms with E-state index >= 15 is 0 Å². The molecule has 2 heterocycles. The average Bonchev–Trinajstić information content (AvgIpc) is 3.18. The second-order valence-corrected chi connectivity index (χ2v) is 12.9. The second kappa shape index (κ2) is 11.9. The molecular weight excluding hydrogens is 607 g/mol. The highest BCUT2D eigenvalue weighted by atomic mass is 16.5. The lowest BCUT2D eigenvalue weighted by Gasteiger charge is -2.49. The van der Waals surface area contributed by atoms with Crippen molar-refractivity contribution in [3.8, 4) is 22.6 Å². The zero-order valence-electron chi connectivity index (χ0n) is 27.9. The van der Waals surface area contributed by atoms with Crippen LogP contribution in [0, 0.1) is 0 Å². The Labute approximate surface area is 293 Å². The van der Waals surface area contributed by atoms with Gasteiger partial charge in [0.1, 0.15) is 11.5 Å². The standard InChI is InChI=1S/C48H35NO/c1-3-4-6-15-33(2)37-27-31-44-43(32-37)48(40-20-11-13-22-45(40)50-46-23-14-12-21-41(46)48)42-30-26-36-18-9-10-19-39(36)47(42)49(44)38-28-24-35(25-29-38)34-16-7-5-8-17-34/h3-32H,2H2,1H3/b4-3-,15-6-. The van der Waals surface area contributed by atoms with E-state index in [2.05, 4.69) is 181 Å². The molecule has 9 rings (SSSR count). The zero-order valence-corrected chi connectivity index (χ0v) is 27.9. The van der Waals surface area contributed by atoms with Crippen LogP contribution < -0.4 is 9.64 Å². The third-order valence-corrected chi connectivity index (χ3v) is 10.2. The van der Waals surface area contributed by atoms with Gasteiger partial charge < -0.3 is 9.64 Å². The quantitative estimate of drug-likeness (QED) is 0.173. The van der Waals surface area contributed by atoms with Crippen LogP contribution in [0.25, 0.3) is 27.5 Å². The number of fused-ring (bicyclic) bond motifs is 10. The maximum absolute atomic E-state index is 6.68. The summed E-state index contributed by atoms with van der Waals surface area (Å²) in [7, 11) is 0. The number of hydrogen-bond donors (Lipinski definition) is 0. The molecule has 50 heavy (non-hydrogen) atoms. The summed E-state index contributed by atoms with van der Waals surface area (Å²) < 4.78 is 6.68. The Morgan fingerprint density at radius 1 is 0.600 bits per heavy atom. The van der Waals surface area contributed by atoms with Gasteiger partial charge in [-0.25, -0.2) is 0 Å². The molecular formula is C48H35NO. The second-order valence-electron chi connectivity index (χ2n) is 12.9. The van der Waals surface area contributed by atoms with Crippen molar-refractivity contribution in [2.75, 3.05) is 4.90 Å². The van der Waals surface area contributed by atoms with E-state index in [4.69, 9.17) is 4.74 Å². The molecule has 0 aromatic heterocycles. The largest absolute Gasteiger partial charge is 0.457 e. The number of hydrogen-bond acceptors (Lipinski definition) is 2. The van der Waals surface area contributed by atoms with E-state index in [1.54, 1.807) is 0 Å². The van der Waals surface area contributed by atoms with E-state index in [9.17, 15) is 0 Å². The number of benzene rings is 7. The number of allylic oxidation sites excluding steroid dienone is 5. The summed E-state index contributed by atoms with van der Waals surface area (Å²) in [6, 6.07) is 56.9. The van der Waals surface area contributed by atoms with Gasteiger partial charge in [-0.1, -0.05) is 152 Å². The van der Waals surface area contributed by atoms with Crippen LogP contribution in [-0.2, 0) is 5.41 Å². The third-order valence-electron chi connectivity index (χ3n) is 10.2. The zero-order chi connectivity index (χ0) is 33.7. The molecule has 238 valence electrons. The molecule has 0 aliphatic carbocycles. The summed E-state index contributed by atoms with van der Waals surface area (Å²) in [4.78, 5) is 2.47. The van der Waals surface area contributed by atoms with Gasteiger partial charge in [-0.2, -0.15) is 0 Å². The lowest BCUT2D eigenvalue weighted by atomic mass is 9.60. The van der Waals surface area contributed by atoms with Crippen molar-refractivity contribution in [1.29, 1.82) is 0 Å². The maximum atomic E-state index is 6.68. The van der Waals surface area contributed by atoms with Gasteiger partial charge in [0.2, 0.25) is 0 Å². The fourth-order valence-corrected chi connectivity index (χ4v) is 7.95. The molecule has 0 fully saturated rings. The highest BCUT2D eigenvalue weighted by molar-refractivity contribution is 6.05. The highest BCUT2D eigenvalue weighted by Gasteiger charge is 2.51. The minimum atomic E-state index is -0.663. The predicted molar refractivity (Wildman–Crippen MR) is 209 cm³/mol. The first-order chi connectivity index (χ1) is 24.7. The van der Waals surface area contributed by atoms with Gasteiger partial charge in [-0.05, 0) is 82.1 Å². The molecule has 0 bridgehead atoms. The lowest BCUT2D eigenvalue weighted by Crippen LogP contribution is -2.40. The van der Waals surface area contributed by atoms with Gasteiger partial charge in [0.25, 0.3) is 0 Å². The molecule has 0 amide bonds. The first-order valence-electron chi connectivity index (χ1n) is 17.2. The van der Waals surface area contributed by atoms with E-state index < -0.39 is 5.41 Å². The summed E-state index contributed by atoms with van der Waals surface area (Å²) in [5, 5.41) is 2.40. The number of para-hydroxylation sites is 2. The van der Waals surface area contributed by atoms with Crippen LogP contribution in [-0.4, -0.2) is 0 Å². The summed E-state index contributed by atoms with van der Waals surface area (Å²) in [6.45, 7) is 6.54. The molecule has 0 atom stereocenters. The molecule has 0 radical (unpaired) electrons. The van der Waals surface area contributed by atoms with Crippen molar-refractivity contribution in [3.05, 3.63) is 216 Å². The van der Waals surface area contributed by atoms with Crippen LogP contribution in [0.1, 0.15) is 34.7 Å². The van der Waals surface area contributed by atoms with Crippen molar-refractivity contribution < 1.29 is 4.74 Å². The Morgan fingerprint density at radius 3 is 2.00 bits per heavy atom. The van der Waals surface area contributed by atoms with Gasteiger partial charge in [-0.3, -0.25) is 0 Å². The molecule has 0 N–H and O–H groups in total. The Morgan fingerprint density at radius 2 is 1.26 bits per heavy atom. The number of rotatable bonds is 5. The first kappa shape index (κ1) is 29.7. The molecule has 2 nitrogen and oxygen atoms in total. The van der Waals surface area contributed by atoms with Crippen LogP contribution in [0.3, 0.4) is 0 Å². The Balaban J connectivity index is 1.40. The first-order valence-corrected chi connectivity index (χ1v) is 17.2. The van der Waals surface area contributed by atoms with E-state index in [0.717, 1.165) is 45.1 Å². The average molecular weight is 642 g/mol. The number of nitrogens with zero attached hydrogens (tertiary/aromatic N) is 1. The van der Waals surface area contributed by atoms with Gasteiger partial charge in [0, 0.05) is 22.2 Å². The molecule has 1 spiro atoms. The molecule has 2 heteroatoms. The van der Waals surface area contributed by atoms with Gasteiger partial charge >= 0.3 is 0 Å². The highest BCUT2D eigenvalue weighted by Crippen LogP contribution is 2.64. The smallest absolute Gasteiger partial charge is 0.132 e. The van der Waals surface area contributed by atoms with E-state index in [-0.39, 0.29) is 0 Å². The Hall–Kier alpha value is -6.38. The van der Waals surface area contributed by atoms with Gasteiger partial charge in [0.15, 0.2) is 0 Å². The summed E-state index contributed by atoms with van der Waals surface area (Å²) in [5.41, 5.74) is 11.8. The van der Waals surface area contributed by atoms with Crippen molar-refractivity contribution in [3.63, 3.8) is 0 Å². The topological polar surface area (TPSA) is 12.5 Å². The normalized spacial score (nSPS) is 13.9. The molecule has 7 aromatic carbocycles. The monoisotopic (exact) mass is 641 g/mol. The fraction of sp³-hybridized carbons (Fsp3) is 0.0417.